The number of hydrogen-bond acceptors (Lipinski definition) is 4. The van der Waals surface area contributed by atoms with Crippen LogP contribution < -0.4 is 4.74 Å². The van der Waals surface area contributed by atoms with Crippen molar-refractivity contribution in [1.29, 1.82) is 0 Å². The van der Waals surface area contributed by atoms with Crippen molar-refractivity contribution in [3.63, 3.8) is 0 Å². The van der Waals surface area contributed by atoms with Gasteiger partial charge in [-0.1, -0.05) is 24.6 Å². The molecule has 0 radical (unpaired) electrons. The number of allylic oxidation sites excluding steroid dienone is 1. The van der Waals surface area contributed by atoms with Gasteiger partial charge in [0.25, 0.3) is 0 Å². The van der Waals surface area contributed by atoms with Crippen molar-refractivity contribution >= 4 is 5.97 Å². The van der Waals surface area contributed by atoms with E-state index in [1.54, 1.807) is 13.2 Å². The molecule has 0 saturated carbocycles. The van der Waals surface area contributed by atoms with Crippen molar-refractivity contribution in [2.75, 3.05) is 20.3 Å². The van der Waals surface area contributed by atoms with Crippen molar-refractivity contribution in [2.24, 2.45) is 5.92 Å². The second-order valence-corrected chi connectivity index (χ2v) is 6.10. The zero-order valence-corrected chi connectivity index (χ0v) is 15.3. The maximum atomic E-state index is 11.3. The Kier molecular flexibility index (Phi) is 9.85. The molecule has 4 heteroatoms. The summed E-state index contributed by atoms with van der Waals surface area (Å²) >= 11 is 0. The van der Waals surface area contributed by atoms with E-state index in [2.05, 4.69) is 6.92 Å². The molecule has 1 aromatic rings. The Labute approximate surface area is 145 Å². The molecule has 0 aromatic heterocycles. The van der Waals surface area contributed by atoms with E-state index in [0.29, 0.717) is 19.1 Å². The molecule has 0 spiro atoms. The number of esters is 1. The summed E-state index contributed by atoms with van der Waals surface area (Å²) in [6, 6.07) is 7.93. The van der Waals surface area contributed by atoms with E-state index in [4.69, 9.17) is 14.2 Å². The van der Waals surface area contributed by atoms with Gasteiger partial charge in [-0.3, -0.25) is 0 Å². The predicted octanol–water partition coefficient (Wildman–Crippen LogP) is 4.53. The SMILES string of the molecule is CCOC(=O)/C=C(/C)CCCC(C)COCc1ccc(OC)cc1. The first-order chi connectivity index (χ1) is 11.5. The zero-order chi connectivity index (χ0) is 17.8. The van der Waals surface area contributed by atoms with E-state index < -0.39 is 0 Å². The standard InChI is InChI=1S/C20H30O4/c1-5-24-20(21)13-16(2)7-6-8-17(3)14-23-15-18-9-11-19(22-4)12-10-18/h9-13,17H,5-8,14-15H2,1-4H3/b16-13-. The third-order valence-corrected chi connectivity index (χ3v) is 3.75. The lowest BCUT2D eigenvalue weighted by Gasteiger charge is -2.12. The molecule has 0 bridgehead atoms. The van der Waals surface area contributed by atoms with Crippen LogP contribution in [-0.2, 0) is 20.9 Å². The minimum Gasteiger partial charge on any atom is -0.497 e. The smallest absolute Gasteiger partial charge is 0.330 e. The number of benzene rings is 1. The number of hydrogen-bond donors (Lipinski definition) is 0. The molecule has 0 amide bonds. The van der Waals surface area contributed by atoms with Crippen molar-refractivity contribution in [3.05, 3.63) is 41.5 Å². The fourth-order valence-electron chi connectivity index (χ4n) is 2.37. The molecular formula is C20H30O4. The monoisotopic (exact) mass is 334 g/mol. The van der Waals surface area contributed by atoms with Crippen LogP contribution in [0.5, 0.6) is 5.75 Å². The summed E-state index contributed by atoms with van der Waals surface area (Å²) < 4.78 is 15.8. The quantitative estimate of drug-likeness (QED) is 0.440. The highest BCUT2D eigenvalue weighted by molar-refractivity contribution is 5.82. The largest absolute Gasteiger partial charge is 0.497 e. The lowest BCUT2D eigenvalue weighted by molar-refractivity contribution is -0.137. The third-order valence-electron chi connectivity index (χ3n) is 3.75. The molecule has 0 aliphatic heterocycles. The van der Waals surface area contributed by atoms with E-state index >= 15 is 0 Å². The molecule has 1 rings (SSSR count). The first-order valence-corrected chi connectivity index (χ1v) is 8.59. The van der Waals surface area contributed by atoms with Gasteiger partial charge in [0, 0.05) is 12.7 Å². The van der Waals surface area contributed by atoms with Crippen LogP contribution in [0.2, 0.25) is 0 Å². The van der Waals surface area contributed by atoms with Gasteiger partial charge >= 0.3 is 5.97 Å². The molecular weight excluding hydrogens is 304 g/mol. The van der Waals surface area contributed by atoms with Crippen molar-refractivity contribution < 1.29 is 19.0 Å². The Morgan fingerprint density at radius 2 is 1.96 bits per heavy atom. The average molecular weight is 334 g/mol. The maximum Gasteiger partial charge on any atom is 0.330 e. The summed E-state index contributed by atoms with van der Waals surface area (Å²) in [6.07, 6.45) is 4.64. The molecule has 1 unspecified atom stereocenters. The molecule has 0 aliphatic carbocycles. The first-order valence-electron chi connectivity index (χ1n) is 8.59. The van der Waals surface area contributed by atoms with E-state index in [0.717, 1.165) is 42.8 Å². The van der Waals surface area contributed by atoms with Crippen LogP contribution in [0.15, 0.2) is 35.9 Å². The number of carbonyl (C=O) groups excluding carboxylic acids is 1. The van der Waals surface area contributed by atoms with Crippen molar-refractivity contribution in [2.45, 2.75) is 46.6 Å². The highest BCUT2D eigenvalue weighted by atomic mass is 16.5. The molecule has 0 aliphatic rings. The molecule has 1 atom stereocenters. The van der Waals surface area contributed by atoms with E-state index in [-0.39, 0.29) is 5.97 Å². The Morgan fingerprint density at radius 3 is 2.58 bits per heavy atom. The molecule has 0 heterocycles. The van der Waals surface area contributed by atoms with E-state index in [1.165, 1.54) is 0 Å². The van der Waals surface area contributed by atoms with Gasteiger partial charge in [-0.2, -0.15) is 0 Å². The molecule has 134 valence electrons. The molecule has 1 aromatic carbocycles. The van der Waals surface area contributed by atoms with Crippen LogP contribution in [-0.4, -0.2) is 26.3 Å². The van der Waals surface area contributed by atoms with Gasteiger partial charge in [-0.25, -0.2) is 4.79 Å². The van der Waals surface area contributed by atoms with Crippen LogP contribution in [0.4, 0.5) is 0 Å². The van der Waals surface area contributed by atoms with Gasteiger partial charge in [0.05, 0.1) is 20.3 Å². The van der Waals surface area contributed by atoms with Gasteiger partial charge in [0.1, 0.15) is 5.75 Å². The number of methoxy groups -OCH3 is 1. The lowest BCUT2D eigenvalue weighted by Crippen LogP contribution is -2.06. The summed E-state index contributed by atoms with van der Waals surface area (Å²) in [7, 11) is 1.66. The second-order valence-electron chi connectivity index (χ2n) is 6.10. The van der Waals surface area contributed by atoms with Gasteiger partial charge in [0.15, 0.2) is 0 Å². The fourth-order valence-corrected chi connectivity index (χ4v) is 2.37. The summed E-state index contributed by atoms with van der Waals surface area (Å²) in [4.78, 5) is 11.3. The topological polar surface area (TPSA) is 44.8 Å². The van der Waals surface area contributed by atoms with Crippen LogP contribution in [0.1, 0.15) is 45.6 Å². The summed E-state index contributed by atoms with van der Waals surface area (Å²) in [5.41, 5.74) is 2.22. The summed E-state index contributed by atoms with van der Waals surface area (Å²) in [5, 5.41) is 0. The number of rotatable bonds is 11. The first kappa shape index (κ1) is 20.2. The van der Waals surface area contributed by atoms with Gasteiger partial charge in [-0.15, -0.1) is 0 Å². The van der Waals surface area contributed by atoms with Gasteiger partial charge < -0.3 is 14.2 Å². The van der Waals surface area contributed by atoms with Crippen LogP contribution in [0, 0.1) is 5.92 Å². The Balaban J connectivity index is 2.17. The Bertz CT molecular complexity index is 505. The van der Waals surface area contributed by atoms with Gasteiger partial charge in [-0.05, 0) is 56.7 Å². The minimum atomic E-state index is -0.245. The second kappa shape index (κ2) is 11.7. The average Bonchev–Trinajstić information content (AvgIpc) is 2.55. The normalized spacial score (nSPS) is 12.8. The zero-order valence-electron chi connectivity index (χ0n) is 15.3. The van der Waals surface area contributed by atoms with Crippen LogP contribution in [0.3, 0.4) is 0 Å². The van der Waals surface area contributed by atoms with E-state index in [9.17, 15) is 4.79 Å². The number of carbonyl (C=O) groups is 1. The fraction of sp³-hybridized carbons (Fsp3) is 0.550. The molecule has 4 nitrogen and oxygen atoms in total. The molecule has 0 N–H and O–H groups in total. The summed E-state index contributed by atoms with van der Waals surface area (Å²) in [5.74, 6) is 1.11. The van der Waals surface area contributed by atoms with Crippen molar-refractivity contribution in [3.8, 4) is 5.75 Å². The van der Waals surface area contributed by atoms with E-state index in [1.807, 2.05) is 38.1 Å². The maximum absolute atomic E-state index is 11.3. The highest BCUT2D eigenvalue weighted by Crippen LogP contribution is 2.15. The molecule has 24 heavy (non-hydrogen) atoms. The summed E-state index contributed by atoms with van der Waals surface area (Å²) in [6.45, 7) is 7.77. The molecule has 0 fully saturated rings. The van der Waals surface area contributed by atoms with Gasteiger partial charge in [0.2, 0.25) is 0 Å². The Hall–Kier alpha value is -1.81. The van der Waals surface area contributed by atoms with Crippen LogP contribution in [0.25, 0.3) is 0 Å². The Morgan fingerprint density at radius 1 is 1.25 bits per heavy atom. The number of ether oxygens (including phenoxy) is 3. The van der Waals surface area contributed by atoms with Crippen LogP contribution >= 0.6 is 0 Å². The van der Waals surface area contributed by atoms with Crippen molar-refractivity contribution in [1.82, 2.24) is 0 Å². The highest BCUT2D eigenvalue weighted by Gasteiger charge is 2.04. The third kappa shape index (κ3) is 8.73. The predicted molar refractivity (Wildman–Crippen MR) is 96.1 cm³/mol. The minimum absolute atomic E-state index is 0.245. The lowest BCUT2D eigenvalue weighted by atomic mass is 10.0. The molecule has 0 saturated heterocycles.